The Bertz CT molecular complexity index is 420. The Kier molecular flexibility index (Phi) is 4.56. The number of aromatic nitrogens is 2. The van der Waals surface area contributed by atoms with Gasteiger partial charge in [-0.2, -0.15) is 0 Å². The van der Waals surface area contributed by atoms with Crippen LogP contribution in [-0.2, 0) is 14.3 Å². The number of esters is 1. The maximum absolute atomic E-state index is 11.2. The molecule has 0 aromatic carbocycles. The quantitative estimate of drug-likeness (QED) is 0.767. The third kappa shape index (κ3) is 3.82. The van der Waals surface area contributed by atoms with Gasteiger partial charge in [-0.05, 0) is 12.5 Å². The van der Waals surface area contributed by atoms with E-state index < -0.39 is 17.9 Å². The van der Waals surface area contributed by atoms with Gasteiger partial charge in [0, 0.05) is 17.8 Å². The number of carbonyl (C=O) groups excluding carboxylic acids is 1. The van der Waals surface area contributed by atoms with Gasteiger partial charge in [-0.15, -0.1) is 0 Å². The first-order chi connectivity index (χ1) is 8.04. The SMILES string of the molecule is COC(=O)CC(CC(=O)O)c1cncnc1C. The van der Waals surface area contributed by atoms with E-state index in [4.69, 9.17) is 5.11 Å². The summed E-state index contributed by atoms with van der Waals surface area (Å²) in [6.45, 7) is 1.75. The molecule has 0 amide bonds. The molecule has 1 atom stereocenters. The van der Waals surface area contributed by atoms with Gasteiger partial charge in [0.2, 0.25) is 0 Å². The Balaban J connectivity index is 2.93. The van der Waals surface area contributed by atoms with Crippen molar-refractivity contribution in [1.82, 2.24) is 9.97 Å². The number of aryl methyl sites for hydroxylation is 1. The largest absolute Gasteiger partial charge is 0.481 e. The summed E-state index contributed by atoms with van der Waals surface area (Å²) in [6.07, 6.45) is 2.79. The van der Waals surface area contributed by atoms with Crippen molar-refractivity contribution < 1.29 is 19.4 Å². The van der Waals surface area contributed by atoms with Gasteiger partial charge in [0.15, 0.2) is 0 Å². The van der Waals surface area contributed by atoms with Crippen LogP contribution in [0.4, 0.5) is 0 Å². The molecule has 0 spiro atoms. The topological polar surface area (TPSA) is 89.4 Å². The molecule has 0 saturated carbocycles. The smallest absolute Gasteiger partial charge is 0.306 e. The summed E-state index contributed by atoms with van der Waals surface area (Å²) in [5.74, 6) is -1.87. The first-order valence-corrected chi connectivity index (χ1v) is 5.09. The molecular formula is C11H14N2O4. The zero-order valence-corrected chi connectivity index (χ0v) is 9.71. The number of aliphatic carboxylic acids is 1. The third-order valence-electron chi connectivity index (χ3n) is 2.45. The zero-order valence-electron chi connectivity index (χ0n) is 9.71. The molecule has 0 radical (unpaired) electrons. The van der Waals surface area contributed by atoms with Gasteiger partial charge in [-0.1, -0.05) is 0 Å². The number of rotatable bonds is 5. The van der Waals surface area contributed by atoms with Crippen LogP contribution in [0.3, 0.4) is 0 Å². The van der Waals surface area contributed by atoms with Crippen LogP contribution in [0.25, 0.3) is 0 Å². The zero-order chi connectivity index (χ0) is 12.8. The summed E-state index contributed by atoms with van der Waals surface area (Å²) in [4.78, 5) is 29.8. The molecule has 6 heteroatoms. The van der Waals surface area contributed by atoms with E-state index in [9.17, 15) is 9.59 Å². The van der Waals surface area contributed by atoms with Crippen LogP contribution >= 0.6 is 0 Å². The Labute approximate surface area is 98.7 Å². The lowest BCUT2D eigenvalue weighted by atomic mass is 9.92. The van der Waals surface area contributed by atoms with E-state index in [-0.39, 0.29) is 12.8 Å². The van der Waals surface area contributed by atoms with Gasteiger partial charge >= 0.3 is 11.9 Å². The first kappa shape index (κ1) is 13.1. The summed E-state index contributed by atoms with van der Waals surface area (Å²) in [5.41, 5.74) is 1.34. The van der Waals surface area contributed by atoms with Crippen LogP contribution in [0.1, 0.15) is 30.0 Å². The van der Waals surface area contributed by atoms with Crippen molar-refractivity contribution in [2.75, 3.05) is 7.11 Å². The standard InChI is InChI=1S/C11H14N2O4/c1-7-9(5-12-6-13-7)8(3-10(14)15)4-11(16)17-2/h5-6,8H,3-4H2,1-2H3,(H,14,15). The lowest BCUT2D eigenvalue weighted by Crippen LogP contribution is -2.14. The van der Waals surface area contributed by atoms with Crippen LogP contribution in [0.2, 0.25) is 0 Å². The monoisotopic (exact) mass is 238 g/mol. The van der Waals surface area contributed by atoms with Crippen LogP contribution < -0.4 is 0 Å². The molecule has 1 aromatic heterocycles. The molecule has 0 bridgehead atoms. The fraction of sp³-hybridized carbons (Fsp3) is 0.455. The normalized spacial score (nSPS) is 11.9. The maximum atomic E-state index is 11.2. The minimum Gasteiger partial charge on any atom is -0.481 e. The van der Waals surface area contributed by atoms with Gasteiger partial charge < -0.3 is 9.84 Å². The first-order valence-electron chi connectivity index (χ1n) is 5.09. The Morgan fingerprint density at radius 1 is 1.47 bits per heavy atom. The summed E-state index contributed by atoms with van der Waals surface area (Å²) >= 11 is 0. The third-order valence-corrected chi connectivity index (χ3v) is 2.45. The van der Waals surface area contributed by atoms with Crippen LogP contribution in [-0.4, -0.2) is 34.1 Å². The van der Waals surface area contributed by atoms with Crippen molar-refractivity contribution in [2.45, 2.75) is 25.7 Å². The highest BCUT2D eigenvalue weighted by molar-refractivity contribution is 5.73. The van der Waals surface area contributed by atoms with Gasteiger partial charge in [0.05, 0.1) is 20.0 Å². The number of carboxylic acids is 1. The molecular weight excluding hydrogens is 224 g/mol. The van der Waals surface area contributed by atoms with Crippen molar-refractivity contribution in [3.05, 3.63) is 23.8 Å². The van der Waals surface area contributed by atoms with E-state index in [1.165, 1.54) is 13.4 Å². The van der Waals surface area contributed by atoms with Crippen LogP contribution in [0.5, 0.6) is 0 Å². The molecule has 92 valence electrons. The second-order valence-corrected chi connectivity index (χ2v) is 3.64. The average molecular weight is 238 g/mol. The number of methoxy groups -OCH3 is 1. The summed E-state index contributed by atoms with van der Waals surface area (Å²) in [7, 11) is 1.27. The molecule has 0 aliphatic carbocycles. The van der Waals surface area contributed by atoms with Gasteiger partial charge in [0.1, 0.15) is 6.33 Å². The summed E-state index contributed by atoms with van der Waals surface area (Å²) in [5, 5.41) is 8.83. The molecule has 0 saturated heterocycles. The number of hydrogen-bond acceptors (Lipinski definition) is 5. The maximum Gasteiger partial charge on any atom is 0.306 e. The molecule has 0 aliphatic rings. The second-order valence-electron chi connectivity index (χ2n) is 3.64. The van der Waals surface area contributed by atoms with E-state index in [0.717, 1.165) is 0 Å². The number of ether oxygens (including phenoxy) is 1. The summed E-state index contributed by atoms with van der Waals surface area (Å²) < 4.78 is 4.55. The predicted molar refractivity (Wildman–Crippen MR) is 58.4 cm³/mol. The van der Waals surface area contributed by atoms with Gasteiger partial charge in [-0.25, -0.2) is 9.97 Å². The van der Waals surface area contributed by atoms with Crippen molar-refractivity contribution in [3.8, 4) is 0 Å². The van der Waals surface area contributed by atoms with Gasteiger partial charge in [0.25, 0.3) is 0 Å². The molecule has 0 aliphatic heterocycles. The minimum atomic E-state index is -0.970. The Morgan fingerprint density at radius 3 is 2.71 bits per heavy atom. The molecule has 0 fully saturated rings. The van der Waals surface area contributed by atoms with Crippen molar-refractivity contribution in [1.29, 1.82) is 0 Å². The molecule has 6 nitrogen and oxygen atoms in total. The average Bonchev–Trinajstić information content (AvgIpc) is 2.28. The number of hydrogen-bond donors (Lipinski definition) is 1. The molecule has 17 heavy (non-hydrogen) atoms. The minimum absolute atomic E-state index is 0.0109. The fourth-order valence-corrected chi connectivity index (χ4v) is 1.59. The number of carbonyl (C=O) groups is 2. The van der Waals surface area contributed by atoms with E-state index in [2.05, 4.69) is 14.7 Å². The molecule has 1 N–H and O–H groups in total. The van der Waals surface area contributed by atoms with Crippen LogP contribution in [0, 0.1) is 6.92 Å². The highest BCUT2D eigenvalue weighted by Crippen LogP contribution is 2.25. The highest BCUT2D eigenvalue weighted by Gasteiger charge is 2.21. The van der Waals surface area contributed by atoms with E-state index in [0.29, 0.717) is 11.3 Å². The Morgan fingerprint density at radius 2 is 2.18 bits per heavy atom. The fourth-order valence-electron chi connectivity index (χ4n) is 1.59. The van der Waals surface area contributed by atoms with E-state index in [1.807, 2.05) is 0 Å². The van der Waals surface area contributed by atoms with Crippen molar-refractivity contribution in [2.24, 2.45) is 0 Å². The molecule has 1 rings (SSSR count). The predicted octanol–water partition coefficient (Wildman–Crippen LogP) is 0.906. The second kappa shape index (κ2) is 5.93. The van der Waals surface area contributed by atoms with Crippen molar-refractivity contribution in [3.63, 3.8) is 0 Å². The summed E-state index contributed by atoms with van der Waals surface area (Å²) in [6, 6.07) is 0. The molecule has 1 aromatic rings. The van der Waals surface area contributed by atoms with Crippen molar-refractivity contribution >= 4 is 11.9 Å². The lowest BCUT2D eigenvalue weighted by molar-refractivity contribution is -0.141. The van der Waals surface area contributed by atoms with Gasteiger partial charge in [-0.3, -0.25) is 9.59 Å². The Hall–Kier alpha value is -1.98. The number of nitrogens with zero attached hydrogens (tertiary/aromatic N) is 2. The molecule has 1 unspecified atom stereocenters. The van der Waals surface area contributed by atoms with Crippen LogP contribution in [0.15, 0.2) is 12.5 Å². The highest BCUT2D eigenvalue weighted by atomic mass is 16.5. The molecule has 1 heterocycles. The van der Waals surface area contributed by atoms with E-state index in [1.54, 1.807) is 13.1 Å². The number of carboxylic acid groups (broad SMARTS) is 1. The van der Waals surface area contributed by atoms with E-state index >= 15 is 0 Å². The lowest BCUT2D eigenvalue weighted by Gasteiger charge is -2.14.